The average Bonchev–Trinajstić information content (AvgIpc) is 3.58. The van der Waals surface area contributed by atoms with Crippen molar-refractivity contribution in [2.24, 2.45) is 21.7 Å². The lowest BCUT2D eigenvalue weighted by atomic mass is 9.45. The molecular weight excluding hydrogens is 689 g/mol. The molecule has 0 unspecified atom stereocenters. The molecular formula is C56H62O. The predicted octanol–water partition coefficient (Wildman–Crippen LogP) is 14.4. The largest absolute Gasteiger partial charge is 0.471 e. The fraction of sp³-hybridized carbons (Fsp3) is 0.393. The highest BCUT2D eigenvalue weighted by Gasteiger charge is 2.57. The molecule has 4 bridgehead atoms. The third-order valence-corrected chi connectivity index (χ3v) is 14.7. The van der Waals surface area contributed by atoms with Gasteiger partial charge in [0.2, 0.25) is 0 Å². The molecule has 1 aromatic heterocycles. The van der Waals surface area contributed by atoms with Crippen LogP contribution >= 0.6 is 0 Å². The van der Waals surface area contributed by atoms with Crippen molar-refractivity contribution in [2.45, 2.75) is 122 Å². The number of fused-ring (bicyclic) bond motifs is 11. The van der Waals surface area contributed by atoms with Gasteiger partial charge >= 0.3 is 0 Å². The van der Waals surface area contributed by atoms with Gasteiger partial charge in [-0.25, -0.2) is 0 Å². The summed E-state index contributed by atoms with van der Waals surface area (Å²) in [5, 5.41) is 12.8. The Labute approximate surface area is 341 Å². The highest BCUT2D eigenvalue weighted by atomic mass is 16.3. The quantitative estimate of drug-likeness (QED) is 0.154. The van der Waals surface area contributed by atoms with E-state index in [1.165, 1.54) is 109 Å². The van der Waals surface area contributed by atoms with Crippen LogP contribution in [-0.4, -0.2) is 0 Å². The van der Waals surface area contributed by atoms with Gasteiger partial charge in [-0.1, -0.05) is 158 Å². The second-order valence-corrected chi connectivity index (χ2v) is 22.3. The Bertz CT molecular complexity index is 2800. The molecule has 0 N–H and O–H groups in total. The minimum absolute atomic E-state index is 0.00225. The van der Waals surface area contributed by atoms with Crippen molar-refractivity contribution in [1.29, 1.82) is 0 Å². The SMILES string of the molecule is Cc1c2cc(C(C)(C)C)cc1c1cc3c(cc1c1cc(C(C)(C)C)cc(c1C)c1cocc21)=C1C=C(C(C)(C)C)C=C2C=CC4=CC(C(C)(C)C)=CC=3[C@@]4(C)[C@]21C. The lowest BCUT2D eigenvalue weighted by Gasteiger charge is -2.57. The van der Waals surface area contributed by atoms with Crippen molar-refractivity contribution in [2.75, 3.05) is 0 Å². The van der Waals surface area contributed by atoms with Crippen LogP contribution in [0.5, 0.6) is 0 Å². The van der Waals surface area contributed by atoms with Gasteiger partial charge in [-0.15, -0.1) is 0 Å². The summed E-state index contributed by atoms with van der Waals surface area (Å²) in [5.41, 5.74) is 13.2. The topological polar surface area (TPSA) is 13.1 Å². The molecule has 2 atom stereocenters. The van der Waals surface area contributed by atoms with Crippen LogP contribution in [0.3, 0.4) is 0 Å². The van der Waals surface area contributed by atoms with Gasteiger partial charge in [0.05, 0.1) is 12.5 Å². The summed E-state index contributed by atoms with van der Waals surface area (Å²) in [4.78, 5) is 0. The van der Waals surface area contributed by atoms with Crippen molar-refractivity contribution >= 4 is 54.2 Å². The van der Waals surface area contributed by atoms with Crippen molar-refractivity contribution in [3.05, 3.63) is 140 Å². The Morgan fingerprint density at radius 3 is 1.05 bits per heavy atom. The molecule has 0 amide bonds. The first kappa shape index (κ1) is 37.9. The average molecular weight is 751 g/mol. The maximum atomic E-state index is 6.18. The molecule has 0 fully saturated rings. The molecule has 9 rings (SSSR count). The molecule has 4 aliphatic carbocycles. The van der Waals surface area contributed by atoms with Gasteiger partial charge in [-0.2, -0.15) is 0 Å². The van der Waals surface area contributed by atoms with Crippen LogP contribution in [-0.2, 0) is 10.8 Å². The monoisotopic (exact) mass is 750 g/mol. The molecule has 1 nitrogen and oxygen atoms in total. The first-order valence-corrected chi connectivity index (χ1v) is 21.2. The van der Waals surface area contributed by atoms with Gasteiger partial charge in [0.25, 0.3) is 0 Å². The molecule has 0 saturated heterocycles. The Morgan fingerprint density at radius 1 is 0.404 bits per heavy atom. The maximum absolute atomic E-state index is 6.18. The number of allylic oxidation sites excluding steroid dienone is 10. The van der Waals surface area contributed by atoms with Crippen molar-refractivity contribution in [3.8, 4) is 0 Å². The lowest BCUT2D eigenvalue weighted by molar-refractivity contribution is 0.298. The van der Waals surface area contributed by atoms with E-state index in [-0.39, 0.29) is 32.5 Å². The Morgan fingerprint density at radius 2 is 0.737 bits per heavy atom. The molecule has 4 aliphatic rings. The first-order chi connectivity index (χ1) is 26.3. The molecule has 1 heteroatoms. The second-order valence-electron chi connectivity index (χ2n) is 22.3. The fourth-order valence-electron chi connectivity index (χ4n) is 10.5. The van der Waals surface area contributed by atoms with Crippen LogP contribution in [0.2, 0.25) is 0 Å². The lowest BCUT2D eigenvalue weighted by Crippen LogP contribution is -2.54. The summed E-state index contributed by atoms with van der Waals surface area (Å²) in [7, 11) is 0. The summed E-state index contributed by atoms with van der Waals surface area (Å²) >= 11 is 0. The Kier molecular flexibility index (Phi) is 7.67. The van der Waals surface area contributed by atoms with E-state index in [1.54, 1.807) is 0 Å². The first-order valence-electron chi connectivity index (χ1n) is 21.2. The van der Waals surface area contributed by atoms with Crippen LogP contribution < -0.4 is 10.4 Å². The Hall–Kier alpha value is -4.62. The van der Waals surface area contributed by atoms with Gasteiger partial charge in [0.1, 0.15) is 0 Å². The van der Waals surface area contributed by atoms with Crippen molar-refractivity contribution in [1.82, 2.24) is 0 Å². The number of aryl methyl sites for hydroxylation is 2. The Balaban J connectivity index is 1.66. The highest BCUT2D eigenvalue weighted by molar-refractivity contribution is 6.17. The van der Waals surface area contributed by atoms with Gasteiger partial charge < -0.3 is 4.42 Å². The normalized spacial score (nSPS) is 22.1. The summed E-state index contributed by atoms with van der Waals surface area (Å²) in [6.45, 7) is 38.0. The smallest absolute Gasteiger partial charge is 0.0987 e. The van der Waals surface area contributed by atoms with E-state index in [0.29, 0.717) is 0 Å². The molecule has 0 radical (unpaired) electrons. The molecule has 5 aromatic rings. The zero-order chi connectivity index (χ0) is 41.2. The fourth-order valence-corrected chi connectivity index (χ4v) is 10.5. The standard InChI is InChI=1S/C56H62O/c1-31-39-21-37(53(9,10)11)23-41(31)47-29-57-30-48(47)42-24-38(54(12,13)14)22-40(32(42)2)44-28-46-45(27-43(39)44)49-25-35(51(3,4)5)19-33-17-18-34-20-36(52(6,7)8)26-50(46)56(34,16)55(33,49)15/h17-30H,1-16H3/t55-,56+. The van der Waals surface area contributed by atoms with Gasteiger partial charge in [0.15, 0.2) is 0 Å². The predicted molar refractivity (Wildman–Crippen MR) is 247 cm³/mol. The van der Waals surface area contributed by atoms with Gasteiger partial charge in [0, 0.05) is 21.6 Å². The third-order valence-electron chi connectivity index (χ3n) is 14.7. The minimum atomic E-state index is -0.247. The van der Waals surface area contributed by atoms with Crippen LogP contribution in [0.15, 0.2) is 112 Å². The van der Waals surface area contributed by atoms with Crippen LogP contribution in [0.1, 0.15) is 119 Å². The van der Waals surface area contributed by atoms with E-state index in [1.807, 2.05) is 12.5 Å². The van der Waals surface area contributed by atoms with Gasteiger partial charge in [-0.05, 0) is 146 Å². The molecule has 57 heavy (non-hydrogen) atoms. The zero-order valence-corrected chi connectivity index (χ0v) is 37.5. The number of rotatable bonds is 0. The number of hydrogen-bond acceptors (Lipinski definition) is 1. The van der Waals surface area contributed by atoms with E-state index in [4.69, 9.17) is 4.42 Å². The molecule has 0 spiro atoms. The molecule has 292 valence electrons. The number of furan rings is 1. The van der Waals surface area contributed by atoms with E-state index in [9.17, 15) is 0 Å². The molecule has 0 aliphatic heterocycles. The molecule has 0 saturated carbocycles. The minimum Gasteiger partial charge on any atom is -0.471 e. The van der Waals surface area contributed by atoms with Crippen LogP contribution in [0, 0.1) is 35.5 Å². The van der Waals surface area contributed by atoms with Crippen LogP contribution in [0.4, 0.5) is 0 Å². The summed E-state index contributed by atoms with van der Waals surface area (Å²) in [5.74, 6) is 0. The maximum Gasteiger partial charge on any atom is 0.0987 e. The zero-order valence-electron chi connectivity index (χ0n) is 37.5. The second kappa shape index (κ2) is 11.5. The van der Waals surface area contributed by atoms with E-state index in [2.05, 4.69) is 184 Å². The van der Waals surface area contributed by atoms with Crippen molar-refractivity contribution in [3.63, 3.8) is 0 Å². The molecule has 1 heterocycles. The third kappa shape index (κ3) is 5.19. The summed E-state index contributed by atoms with van der Waals surface area (Å²) < 4.78 is 6.18. The number of hydrogen-bond donors (Lipinski definition) is 0. The van der Waals surface area contributed by atoms with Crippen LogP contribution in [0.25, 0.3) is 54.2 Å². The van der Waals surface area contributed by atoms with E-state index >= 15 is 0 Å². The van der Waals surface area contributed by atoms with Gasteiger partial charge in [-0.3, -0.25) is 0 Å². The highest BCUT2D eigenvalue weighted by Crippen LogP contribution is 2.66. The van der Waals surface area contributed by atoms with E-state index in [0.717, 1.165) is 0 Å². The summed E-state index contributed by atoms with van der Waals surface area (Å²) in [6, 6.07) is 15.1. The van der Waals surface area contributed by atoms with E-state index < -0.39 is 0 Å². The van der Waals surface area contributed by atoms with Crippen molar-refractivity contribution < 1.29 is 4.42 Å². The molecule has 4 aromatic carbocycles. The summed E-state index contributed by atoms with van der Waals surface area (Å²) in [6.07, 6.45) is 19.1. The number of benzene rings is 3.